The van der Waals surface area contributed by atoms with Gasteiger partial charge in [0.15, 0.2) is 5.96 Å². The van der Waals surface area contributed by atoms with Crippen molar-refractivity contribution in [1.82, 2.24) is 15.5 Å². The zero-order valence-corrected chi connectivity index (χ0v) is 19.5. The van der Waals surface area contributed by atoms with E-state index < -0.39 is 0 Å². The molecule has 0 spiro atoms. The maximum absolute atomic E-state index is 12.9. The summed E-state index contributed by atoms with van der Waals surface area (Å²) in [7, 11) is 0. The van der Waals surface area contributed by atoms with Crippen LogP contribution in [0.2, 0.25) is 0 Å². The summed E-state index contributed by atoms with van der Waals surface area (Å²) in [6, 6.07) is 6.09. The first-order chi connectivity index (χ1) is 13.0. The number of morpholine rings is 1. The highest BCUT2D eigenvalue weighted by molar-refractivity contribution is 14.0. The van der Waals surface area contributed by atoms with E-state index in [-0.39, 0.29) is 35.3 Å². The number of benzene rings is 1. The van der Waals surface area contributed by atoms with Crippen molar-refractivity contribution in [2.24, 2.45) is 4.99 Å². The fraction of sp³-hybridized carbons (Fsp3) is 0.650. The van der Waals surface area contributed by atoms with Crippen molar-refractivity contribution in [3.63, 3.8) is 0 Å². The van der Waals surface area contributed by atoms with Crippen LogP contribution in [0.4, 0.5) is 4.39 Å². The van der Waals surface area contributed by atoms with E-state index in [4.69, 9.17) is 14.5 Å². The van der Waals surface area contributed by atoms with Gasteiger partial charge in [-0.3, -0.25) is 9.89 Å². The van der Waals surface area contributed by atoms with Crippen molar-refractivity contribution >= 4 is 29.9 Å². The molecule has 0 aromatic heterocycles. The molecule has 28 heavy (non-hydrogen) atoms. The number of hydrogen-bond acceptors (Lipinski definition) is 4. The molecule has 0 radical (unpaired) electrons. The predicted octanol–water partition coefficient (Wildman–Crippen LogP) is 2.88. The van der Waals surface area contributed by atoms with Gasteiger partial charge in [-0.1, -0.05) is 0 Å². The quantitative estimate of drug-likeness (QED) is 0.233. The summed E-state index contributed by atoms with van der Waals surface area (Å²) in [4.78, 5) is 7.19. The van der Waals surface area contributed by atoms with E-state index in [1.807, 2.05) is 0 Å². The predicted molar refractivity (Wildman–Crippen MR) is 122 cm³/mol. The van der Waals surface area contributed by atoms with Crippen LogP contribution in [-0.2, 0) is 4.74 Å². The Morgan fingerprint density at radius 3 is 2.54 bits per heavy atom. The van der Waals surface area contributed by atoms with Crippen LogP contribution in [0, 0.1) is 5.82 Å². The lowest BCUT2D eigenvalue weighted by Gasteiger charge is -2.39. The SMILES string of the molecule is CCNC(=NCC(C)(C)N1CCOCC1)NCCCOc1ccc(F)cc1.I. The Labute approximate surface area is 185 Å². The molecular formula is C20H34FIN4O2. The summed E-state index contributed by atoms with van der Waals surface area (Å²) in [6.45, 7) is 12.8. The summed E-state index contributed by atoms with van der Waals surface area (Å²) >= 11 is 0. The van der Waals surface area contributed by atoms with Gasteiger partial charge in [-0.2, -0.15) is 0 Å². The van der Waals surface area contributed by atoms with Crippen molar-refractivity contribution < 1.29 is 13.9 Å². The highest BCUT2D eigenvalue weighted by Crippen LogP contribution is 2.16. The van der Waals surface area contributed by atoms with Gasteiger partial charge in [0.25, 0.3) is 0 Å². The van der Waals surface area contributed by atoms with Crippen LogP contribution in [0.3, 0.4) is 0 Å². The Morgan fingerprint density at radius 2 is 1.89 bits per heavy atom. The third-order valence-electron chi connectivity index (χ3n) is 4.53. The molecule has 0 aliphatic carbocycles. The topological polar surface area (TPSA) is 58.1 Å². The molecular weight excluding hydrogens is 474 g/mol. The van der Waals surface area contributed by atoms with Gasteiger partial charge in [-0.15, -0.1) is 24.0 Å². The molecule has 0 atom stereocenters. The number of aliphatic imine (C=N–C) groups is 1. The summed E-state index contributed by atoms with van der Waals surface area (Å²) in [5.41, 5.74) is -0.00216. The van der Waals surface area contributed by atoms with Crippen molar-refractivity contribution in [2.75, 3.05) is 52.5 Å². The van der Waals surface area contributed by atoms with Gasteiger partial charge in [-0.05, 0) is 51.5 Å². The lowest BCUT2D eigenvalue weighted by Crippen LogP contribution is -2.52. The van der Waals surface area contributed by atoms with Crippen LogP contribution >= 0.6 is 24.0 Å². The van der Waals surface area contributed by atoms with Crippen LogP contribution in [0.5, 0.6) is 5.75 Å². The lowest BCUT2D eigenvalue weighted by molar-refractivity contribution is -0.00683. The van der Waals surface area contributed by atoms with Crippen molar-refractivity contribution in [2.45, 2.75) is 32.7 Å². The first-order valence-electron chi connectivity index (χ1n) is 9.74. The van der Waals surface area contributed by atoms with Crippen molar-refractivity contribution in [3.05, 3.63) is 30.1 Å². The fourth-order valence-electron chi connectivity index (χ4n) is 2.88. The molecule has 2 N–H and O–H groups in total. The summed E-state index contributed by atoms with van der Waals surface area (Å²) < 4.78 is 23.9. The average molecular weight is 508 g/mol. The Kier molecular flexibility index (Phi) is 11.7. The van der Waals surface area contributed by atoms with E-state index in [0.717, 1.165) is 51.8 Å². The Morgan fingerprint density at radius 1 is 1.21 bits per heavy atom. The highest BCUT2D eigenvalue weighted by Gasteiger charge is 2.28. The minimum absolute atomic E-state index is 0. The number of hydrogen-bond donors (Lipinski definition) is 2. The van der Waals surface area contributed by atoms with Crippen LogP contribution in [0.15, 0.2) is 29.3 Å². The second-order valence-corrected chi connectivity index (χ2v) is 7.19. The molecule has 1 aliphatic rings. The first-order valence-corrected chi connectivity index (χ1v) is 9.74. The standard InChI is InChI=1S/C20H33FN4O2.HI/c1-4-22-19(24-16-20(2,3)25-11-14-26-15-12-25)23-10-5-13-27-18-8-6-17(21)7-9-18;/h6-9H,4-5,10-16H2,1-3H3,(H2,22,23,24);1H. The van der Waals surface area contributed by atoms with Gasteiger partial charge in [0.1, 0.15) is 11.6 Å². The summed E-state index contributed by atoms with van der Waals surface area (Å²) in [5.74, 6) is 1.25. The number of guanidine groups is 1. The zero-order valence-electron chi connectivity index (χ0n) is 17.2. The van der Waals surface area contributed by atoms with E-state index in [2.05, 4.69) is 36.3 Å². The second-order valence-electron chi connectivity index (χ2n) is 7.19. The van der Waals surface area contributed by atoms with Gasteiger partial charge >= 0.3 is 0 Å². The molecule has 0 amide bonds. The Bertz CT molecular complexity index is 578. The molecule has 8 heteroatoms. The molecule has 0 bridgehead atoms. The average Bonchev–Trinajstić information content (AvgIpc) is 2.68. The normalized spacial score (nSPS) is 15.6. The molecule has 1 aromatic rings. The summed E-state index contributed by atoms with van der Waals surface area (Å²) in [5, 5.41) is 6.63. The van der Waals surface area contributed by atoms with E-state index in [1.165, 1.54) is 12.1 Å². The monoisotopic (exact) mass is 508 g/mol. The molecule has 160 valence electrons. The minimum Gasteiger partial charge on any atom is -0.494 e. The van der Waals surface area contributed by atoms with Gasteiger partial charge < -0.3 is 20.1 Å². The lowest BCUT2D eigenvalue weighted by atomic mass is 10.0. The Balaban J connectivity index is 0.00000392. The van der Waals surface area contributed by atoms with E-state index >= 15 is 0 Å². The second kappa shape index (κ2) is 13.2. The maximum Gasteiger partial charge on any atom is 0.191 e. The Hall–Kier alpha value is -1.13. The minimum atomic E-state index is -0.254. The summed E-state index contributed by atoms with van der Waals surface area (Å²) in [6.07, 6.45) is 0.828. The molecule has 1 aromatic carbocycles. The number of rotatable bonds is 9. The molecule has 1 heterocycles. The van der Waals surface area contributed by atoms with Crippen molar-refractivity contribution in [3.8, 4) is 5.75 Å². The molecule has 2 rings (SSSR count). The van der Waals surface area contributed by atoms with E-state index in [1.54, 1.807) is 12.1 Å². The number of nitrogens with one attached hydrogen (secondary N) is 2. The van der Waals surface area contributed by atoms with Crippen LogP contribution in [-0.4, -0.2) is 68.9 Å². The smallest absolute Gasteiger partial charge is 0.191 e. The molecule has 1 aliphatic heterocycles. The van der Waals surface area contributed by atoms with E-state index in [9.17, 15) is 4.39 Å². The number of nitrogens with zero attached hydrogens (tertiary/aromatic N) is 2. The highest BCUT2D eigenvalue weighted by atomic mass is 127. The van der Waals surface area contributed by atoms with E-state index in [0.29, 0.717) is 18.9 Å². The molecule has 0 saturated carbocycles. The van der Waals surface area contributed by atoms with Crippen LogP contribution < -0.4 is 15.4 Å². The maximum atomic E-state index is 12.9. The van der Waals surface area contributed by atoms with Gasteiger partial charge in [-0.25, -0.2) is 4.39 Å². The van der Waals surface area contributed by atoms with Gasteiger partial charge in [0, 0.05) is 31.7 Å². The van der Waals surface area contributed by atoms with Crippen LogP contribution in [0.1, 0.15) is 27.2 Å². The fourth-order valence-corrected chi connectivity index (χ4v) is 2.88. The molecule has 0 unspecified atom stereocenters. The molecule has 1 fully saturated rings. The largest absolute Gasteiger partial charge is 0.494 e. The van der Waals surface area contributed by atoms with Crippen molar-refractivity contribution in [1.29, 1.82) is 0 Å². The number of ether oxygens (including phenoxy) is 2. The molecule has 6 nitrogen and oxygen atoms in total. The van der Waals surface area contributed by atoms with Crippen LogP contribution in [0.25, 0.3) is 0 Å². The first kappa shape index (κ1) is 24.9. The van der Waals surface area contributed by atoms with Gasteiger partial charge in [0.2, 0.25) is 0 Å². The molecule has 1 saturated heterocycles. The third kappa shape index (κ3) is 8.91. The number of halogens is 2. The zero-order chi connectivity index (χ0) is 19.5. The van der Waals surface area contributed by atoms with Gasteiger partial charge in [0.05, 0.1) is 26.4 Å². The third-order valence-corrected chi connectivity index (χ3v) is 4.53.